The lowest BCUT2D eigenvalue weighted by Gasteiger charge is -2.36. The van der Waals surface area contributed by atoms with Crippen molar-refractivity contribution < 1.29 is 22.7 Å². The number of halogens is 3. The molecule has 2 N–H and O–H groups in total. The number of alkyl halides is 3. The molecule has 5 nitrogen and oxygen atoms in total. The predicted octanol–water partition coefficient (Wildman–Crippen LogP) is 3.24. The molecule has 1 aliphatic heterocycles. The van der Waals surface area contributed by atoms with Crippen molar-refractivity contribution in [3.8, 4) is 5.75 Å². The Kier molecular flexibility index (Phi) is 5.79. The summed E-state index contributed by atoms with van der Waals surface area (Å²) in [6, 6.07) is 6.06. The SMILES string of the molecule is CC(C)[C@@H](C(N)=O)N(C)[C@H]1CC[C@@H]2CN(c3cccc(OC(F)(F)F)c3)C[C@@H]21. The Labute approximate surface area is 163 Å². The molecule has 0 bridgehead atoms. The number of benzene rings is 1. The van der Waals surface area contributed by atoms with Gasteiger partial charge in [-0.25, -0.2) is 0 Å². The van der Waals surface area contributed by atoms with Crippen LogP contribution in [0.15, 0.2) is 24.3 Å². The van der Waals surface area contributed by atoms with Gasteiger partial charge in [-0.3, -0.25) is 9.69 Å². The molecule has 8 heteroatoms. The average molecular weight is 399 g/mol. The fraction of sp³-hybridized carbons (Fsp3) is 0.650. The number of amides is 1. The Bertz CT molecular complexity index is 710. The molecule has 1 saturated heterocycles. The molecule has 0 spiro atoms. The van der Waals surface area contributed by atoms with E-state index in [1.807, 2.05) is 27.0 Å². The maximum absolute atomic E-state index is 12.5. The highest BCUT2D eigenvalue weighted by molar-refractivity contribution is 5.80. The third-order valence-corrected chi connectivity index (χ3v) is 6.12. The Balaban J connectivity index is 1.72. The molecule has 2 aliphatic rings. The molecule has 28 heavy (non-hydrogen) atoms. The maximum atomic E-state index is 12.5. The molecule has 1 saturated carbocycles. The van der Waals surface area contributed by atoms with Crippen LogP contribution in [0.4, 0.5) is 18.9 Å². The van der Waals surface area contributed by atoms with E-state index in [-0.39, 0.29) is 29.7 Å². The van der Waals surface area contributed by atoms with Crippen molar-refractivity contribution >= 4 is 11.6 Å². The van der Waals surface area contributed by atoms with Gasteiger partial charge in [-0.15, -0.1) is 13.2 Å². The second-order valence-electron chi connectivity index (χ2n) is 8.28. The van der Waals surface area contributed by atoms with Crippen molar-refractivity contribution in [1.29, 1.82) is 0 Å². The van der Waals surface area contributed by atoms with Crippen LogP contribution < -0.4 is 15.4 Å². The first-order valence-corrected chi connectivity index (χ1v) is 9.69. The van der Waals surface area contributed by atoms with Gasteiger partial charge < -0.3 is 15.4 Å². The number of nitrogens with zero attached hydrogens (tertiary/aromatic N) is 2. The molecule has 4 atom stereocenters. The predicted molar refractivity (Wildman–Crippen MR) is 101 cm³/mol. The topological polar surface area (TPSA) is 58.8 Å². The van der Waals surface area contributed by atoms with E-state index in [1.165, 1.54) is 12.1 Å². The quantitative estimate of drug-likeness (QED) is 0.798. The maximum Gasteiger partial charge on any atom is 0.573 e. The van der Waals surface area contributed by atoms with Gasteiger partial charge in [-0.05, 0) is 49.8 Å². The molecule has 2 fully saturated rings. The molecular weight excluding hydrogens is 371 g/mol. The Morgan fingerprint density at radius 1 is 1.29 bits per heavy atom. The number of rotatable bonds is 6. The molecule has 0 aromatic heterocycles. The van der Waals surface area contributed by atoms with Crippen LogP contribution in [0.5, 0.6) is 5.75 Å². The van der Waals surface area contributed by atoms with Gasteiger partial charge in [0, 0.05) is 30.9 Å². The molecule has 1 aliphatic carbocycles. The number of likely N-dealkylation sites (N-methyl/N-ethyl adjacent to an activating group) is 1. The monoisotopic (exact) mass is 399 g/mol. The molecule has 1 heterocycles. The minimum absolute atomic E-state index is 0.121. The summed E-state index contributed by atoms with van der Waals surface area (Å²) in [5.74, 6) is 0.422. The molecule has 0 radical (unpaired) electrons. The van der Waals surface area contributed by atoms with Gasteiger partial charge in [-0.2, -0.15) is 0 Å². The van der Waals surface area contributed by atoms with E-state index in [2.05, 4.69) is 14.5 Å². The number of anilines is 1. The van der Waals surface area contributed by atoms with Crippen molar-refractivity contribution in [2.75, 3.05) is 25.0 Å². The van der Waals surface area contributed by atoms with Gasteiger partial charge in [0.1, 0.15) is 5.75 Å². The first-order valence-electron chi connectivity index (χ1n) is 9.69. The summed E-state index contributed by atoms with van der Waals surface area (Å²) in [6.45, 7) is 5.53. The van der Waals surface area contributed by atoms with Crippen LogP contribution in [0.1, 0.15) is 26.7 Å². The summed E-state index contributed by atoms with van der Waals surface area (Å²) in [5.41, 5.74) is 6.36. The van der Waals surface area contributed by atoms with Crippen LogP contribution in [0.25, 0.3) is 0 Å². The average Bonchev–Trinajstić information content (AvgIpc) is 3.12. The van der Waals surface area contributed by atoms with Crippen molar-refractivity contribution in [2.45, 2.75) is 45.1 Å². The number of carbonyl (C=O) groups excluding carboxylic acids is 1. The van der Waals surface area contributed by atoms with Crippen LogP contribution in [0, 0.1) is 17.8 Å². The molecule has 1 amide bonds. The van der Waals surface area contributed by atoms with Crippen molar-refractivity contribution in [3.63, 3.8) is 0 Å². The number of hydrogen-bond donors (Lipinski definition) is 1. The zero-order valence-corrected chi connectivity index (χ0v) is 16.4. The zero-order valence-electron chi connectivity index (χ0n) is 16.4. The van der Waals surface area contributed by atoms with Gasteiger partial charge in [-0.1, -0.05) is 19.9 Å². The van der Waals surface area contributed by atoms with Crippen LogP contribution >= 0.6 is 0 Å². The summed E-state index contributed by atoms with van der Waals surface area (Å²) >= 11 is 0. The van der Waals surface area contributed by atoms with Crippen LogP contribution in [0.2, 0.25) is 0 Å². The number of ether oxygens (including phenoxy) is 1. The van der Waals surface area contributed by atoms with E-state index in [0.29, 0.717) is 11.8 Å². The lowest BCUT2D eigenvalue weighted by atomic mass is 9.93. The third kappa shape index (κ3) is 4.37. The highest BCUT2D eigenvalue weighted by Crippen LogP contribution is 2.43. The van der Waals surface area contributed by atoms with Gasteiger partial charge in [0.15, 0.2) is 0 Å². The second kappa shape index (κ2) is 7.81. The number of hydrogen-bond acceptors (Lipinski definition) is 4. The number of nitrogens with two attached hydrogens (primary N) is 1. The summed E-state index contributed by atoms with van der Waals surface area (Å²) in [5, 5.41) is 0. The lowest BCUT2D eigenvalue weighted by Crippen LogP contribution is -2.52. The Hall–Kier alpha value is -1.96. The smallest absolute Gasteiger partial charge is 0.406 e. The fourth-order valence-corrected chi connectivity index (χ4v) is 5.04. The summed E-state index contributed by atoms with van der Waals surface area (Å²) in [4.78, 5) is 16.2. The fourth-order valence-electron chi connectivity index (χ4n) is 5.04. The molecular formula is C20H28F3N3O2. The minimum Gasteiger partial charge on any atom is -0.406 e. The van der Waals surface area contributed by atoms with Crippen molar-refractivity contribution in [2.24, 2.45) is 23.5 Å². The lowest BCUT2D eigenvalue weighted by molar-refractivity contribution is -0.274. The van der Waals surface area contributed by atoms with E-state index >= 15 is 0 Å². The highest BCUT2D eigenvalue weighted by Gasteiger charge is 2.46. The van der Waals surface area contributed by atoms with Gasteiger partial charge in [0.2, 0.25) is 5.91 Å². The molecule has 156 valence electrons. The summed E-state index contributed by atoms with van der Waals surface area (Å²) in [6.07, 6.45) is -2.65. The van der Waals surface area contributed by atoms with Crippen LogP contribution in [-0.4, -0.2) is 49.4 Å². The van der Waals surface area contributed by atoms with Gasteiger partial charge in [0.05, 0.1) is 6.04 Å². The zero-order chi connectivity index (χ0) is 20.6. The first-order chi connectivity index (χ1) is 13.1. The normalized spacial score (nSPS) is 26.0. The first kappa shape index (κ1) is 20.8. The molecule has 1 aromatic carbocycles. The number of carbonyl (C=O) groups is 1. The van der Waals surface area contributed by atoms with Crippen LogP contribution in [-0.2, 0) is 4.79 Å². The number of fused-ring (bicyclic) bond motifs is 1. The third-order valence-electron chi connectivity index (χ3n) is 6.12. The standard InChI is InChI=1S/C20H28F3N3O2/c1-12(2)18(19(24)27)25(3)17-8-7-13-10-26(11-16(13)17)14-5-4-6-15(9-14)28-20(21,22)23/h4-6,9,12-13,16-18H,7-8,10-11H2,1-3H3,(H2,24,27)/t13-,16+,17+,18+/m1/s1. The van der Waals surface area contributed by atoms with E-state index < -0.39 is 6.36 Å². The van der Waals surface area contributed by atoms with Crippen molar-refractivity contribution in [3.05, 3.63) is 24.3 Å². The Morgan fingerprint density at radius 3 is 2.61 bits per heavy atom. The van der Waals surface area contributed by atoms with E-state index in [1.54, 1.807) is 6.07 Å². The van der Waals surface area contributed by atoms with E-state index in [4.69, 9.17) is 5.73 Å². The van der Waals surface area contributed by atoms with E-state index in [0.717, 1.165) is 31.6 Å². The number of primary amides is 1. The largest absolute Gasteiger partial charge is 0.573 e. The molecule has 3 rings (SSSR count). The van der Waals surface area contributed by atoms with E-state index in [9.17, 15) is 18.0 Å². The molecule has 1 aromatic rings. The van der Waals surface area contributed by atoms with Crippen LogP contribution in [0.3, 0.4) is 0 Å². The summed E-state index contributed by atoms with van der Waals surface area (Å²) in [7, 11) is 1.96. The highest BCUT2D eigenvalue weighted by atomic mass is 19.4. The Morgan fingerprint density at radius 2 is 2.00 bits per heavy atom. The molecule has 0 unspecified atom stereocenters. The van der Waals surface area contributed by atoms with Crippen molar-refractivity contribution in [1.82, 2.24) is 4.90 Å². The second-order valence-corrected chi connectivity index (χ2v) is 8.28. The summed E-state index contributed by atoms with van der Waals surface area (Å²) < 4.78 is 41.6. The van der Waals surface area contributed by atoms with Gasteiger partial charge in [0.25, 0.3) is 0 Å². The minimum atomic E-state index is -4.70. The van der Waals surface area contributed by atoms with Gasteiger partial charge >= 0.3 is 6.36 Å².